The van der Waals surface area contributed by atoms with Gasteiger partial charge in [0.05, 0.1) is 12.6 Å². The van der Waals surface area contributed by atoms with Crippen LogP contribution in [0.4, 0.5) is 13.2 Å². The van der Waals surface area contributed by atoms with Crippen LogP contribution in [0.2, 0.25) is 0 Å². The summed E-state index contributed by atoms with van der Waals surface area (Å²) in [7, 11) is 0. The van der Waals surface area contributed by atoms with Gasteiger partial charge in [-0.05, 0) is 25.5 Å². The maximum absolute atomic E-state index is 12.8. The van der Waals surface area contributed by atoms with E-state index in [0.717, 1.165) is 6.07 Å². The van der Waals surface area contributed by atoms with Crippen molar-refractivity contribution in [1.29, 1.82) is 0 Å². The number of hydrogen-bond donors (Lipinski definition) is 2. The number of alkyl halides is 3. The van der Waals surface area contributed by atoms with Gasteiger partial charge in [-0.2, -0.15) is 13.2 Å². The van der Waals surface area contributed by atoms with E-state index in [1.54, 1.807) is 0 Å². The van der Waals surface area contributed by atoms with Crippen molar-refractivity contribution in [3.8, 4) is 5.88 Å². The molecule has 1 aromatic rings. The fourth-order valence-electron chi connectivity index (χ4n) is 2.38. The summed E-state index contributed by atoms with van der Waals surface area (Å²) in [6.45, 7) is 3.92. The molecule has 0 bridgehead atoms. The van der Waals surface area contributed by atoms with Crippen molar-refractivity contribution in [2.45, 2.75) is 25.6 Å². The van der Waals surface area contributed by atoms with Crippen LogP contribution in [0.5, 0.6) is 5.88 Å². The Kier molecular flexibility index (Phi) is 8.69. The van der Waals surface area contributed by atoms with E-state index in [-0.39, 0.29) is 43.2 Å². The van der Waals surface area contributed by atoms with Gasteiger partial charge in [0.1, 0.15) is 12.2 Å². The first-order valence-corrected chi connectivity index (χ1v) is 7.78. The molecule has 0 unspecified atom stereocenters. The van der Waals surface area contributed by atoms with Crippen molar-refractivity contribution < 1.29 is 23.0 Å². The second-order valence-corrected chi connectivity index (χ2v) is 5.33. The third-order valence-corrected chi connectivity index (χ3v) is 3.47. The fraction of sp³-hybridized carbons (Fsp3) is 0.600. The summed E-state index contributed by atoms with van der Waals surface area (Å²) in [5, 5.41) is 12.7. The van der Waals surface area contributed by atoms with Gasteiger partial charge in [-0.25, -0.2) is 9.98 Å². The van der Waals surface area contributed by atoms with Crippen LogP contribution in [0.1, 0.15) is 18.9 Å². The van der Waals surface area contributed by atoms with E-state index in [1.165, 1.54) is 12.3 Å². The Labute approximate surface area is 161 Å². The summed E-state index contributed by atoms with van der Waals surface area (Å²) in [5.41, 5.74) is -0.899. The summed E-state index contributed by atoms with van der Waals surface area (Å²) in [4.78, 5) is 9.87. The van der Waals surface area contributed by atoms with Crippen LogP contribution in [0.25, 0.3) is 0 Å². The Morgan fingerprint density at radius 1 is 1.52 bits per heavy atom. The van der Waals surface area contributed by atoms with E-state index < -0.39 is 17.6 Å². The van der Waals surface area contributed by atoms with Crippen LogP contribution in [-0.4, -0.2) is 59.8 Å². The molecule has 0 saturated carbocycles. The molecule has 2 rings (SSSR count). The average molecular weight is 474 g/mol. The normalized spacial score (nSPS) is 18.0. The lowest BCUT2D eigenvalue weighted by Crippen LogP contribution is -2.40. The van der Waals surface area contributed by atoms with Crippen molar-refractivity contribution in [1.82, 2.24) is 15.2 Å². The van der Waals surface area contributed by atoms with Crippen molar-refractivity contribution in [3.63, 3.8) is 0 Å². The molecule has 2 heterocycles. The molecule has 25 heavy (non-hydrogen) atoms. The second-order valence-electron chi connectivity index (χ2n) is 5.33. The molecule has 142 valence electrons. The third kappa shape index (κ3) is 6.49. The SMILES string of the molecule is CCNC(=NCCOc1ncccc1C(F)(F)F)N1CC[C@@H](O)C1.I. The quantitative estimate of drug-likeness (QED) is 0.296. The zero-order chi connectivity index (χ0) is 17.6. The minimum Gasteiger partial charge on any atom is -0.475 e. The number of ether oxygens (including phenoxy) is 1. The Hall–Kier alpha value is -1.30. The lowest BCUT2D eigenvalue weighted by atomic mass is 10.2. The van der Waals surface area contributed by atoms with Gasteiger partial charge < -0.3 is 20.1 Å². The van der Waals surface area contributed by atoms with Crippen molar-refractivity contribution >= 4 is 29.9 Å². The third-order valence-electron chi connectivity index (χ3n) is 3.47. The lowest BCUT2D eigenvalue weighted by molar-refractivity contribution is -0.139. The van der Waals surface area contributed by atoms with E-state index in [1.807, 2.05) is 11.8 Å². The molecule has 1 aliphatic heterocycles. The highest BCUT2D eigenvalue weighted by Gasteiger charge is 2.35. The van der Waals surface area contributed by atoms with Gasteiger partial charge in [0, 0.05) is 25.8 Å². The summed E-state index contributed by atoms with van der Waals surface area (Å²) in [5.74, 6) is 0.177. The standard InChI is InChI=1S/C15H21F3N4O2.HI/c1-2-19-14(22-8-5-11(23)10-22)21-7-9-24-13-12(15(16,17)18)4-3-6-20-13;/h3-4,6,11,23H,2,5,7-10H2,1H3,(H,19,21);1H/t11-;/m1./s1. The molecule has 2 N–H and O–H groups in total. The van der Waals surface area contributed by atoms with Gasteiger partial charge in [0.15, 0.2) is 5.96 Å². The molecule has 1 fully saturated rings. The zero-order valence-corrected chi connectivity index (χ0v) is 16.1. The van der Waals surface area contributed by atoms with Gasteiger partial charge in [-0.3, -0.25) is 0 Å². The van der Waals surface area contributed by atoms with Gasteiger partial charge in [-0.1, -0.05) is 0 Å². The highest BCUT2D eigenvalue weighted by molar-refractivity contribution is 14.0. The molecule has 0 amide bonds. The molecule has 0 aromatic carbocycles. The van der Waals surface area contributed by atoms with Crippen LogP contribution in [-0.2, 0) is 6.18 Å². The molecule has 0 radical (unpaired) electrons. The summed E-state index contributed by atoms with van der Waals surface area (Å²) in [6.07, 6.45) is -2.96. The summed E-state index contributed by atoms with van der Waals surface area (Å²) < 4.78 is 43.7. The van der Waals surface area contributed by atoms with E-state index >= 15 is 0 Å². The van der Waals surface area contributed by atoms with Gasteiger partial charge in [-0.15, -0.1) is 24.0 Å². The maximum Gasteiger partial charge on any atom is 0.421 e. The van der Waals surface area contributed by atoms with Crippen molar-refractivity contribution in [3.05, 3.63) is 23.9 Å². The molecule has 0 spiro atoms. The van der Waals surface area contributed by atoms with E-state index in [2.05, 4.69) is 15.3 Å². The Morgan fingerprint density at radius 3 is 2.88 bits per heavy atom. The van der Waals surface area contributed by atoms with E-state index in [4.69, 9.17) is 4.74 Å². The van der Waals surface area contributed by atoms with Gasteiger partial charge in [0.2, 0.25) is 5.88 Å². The summed E-state index contributed by atoms with van der Waals surface area (Å²) in [6, 6.07) is 2.15. The Morgan fingerprint density at radius 2 is 2.28 bits per heavy atom. The number of aliphatic hydroxyl groups excluding tert-OH is 1. The first kappa shape index (κ1) is 21.7. The molecule has 1 aromatic heterocycles. The molecule has 0 aliphatic carbocycles. The van der Waals surface area contributed by atoms with Crippen molar-refractivity contribution in [2.75, 3.05) is 32.8 Å². The molecular formula is C15H22F3IN4O2. The number of aliphatic hydroxyl groups is 1. The summed E-state index contributed by atoms with van der Waals surface area (Å²) >= 11 is 0. The molecule has 6 nitrogen and oxygen atoms in total. The minimum absolute atomic E-state index is 0. The second kappa shape index (κ2) is 10.00. The number of hydrogen-bond acceptors (Lipinski definition) is 4. The number of nitrogens with zero attached hydrogens (tertiary/aromatic N) is 3. The largest absolute Gasteiger partial charge is 0.475 e. The minimum atomic E-state index is -4.51. The van der Waals surface area contributed by atoms with Gasteiger partial charge in [0.25, 0.3) is 0 Å². The Balaban J connectivity index is 0.00000312. The highest BCUT2D eigenvalue weighted by atomic mass is 127. The molecular weight excluding hydrogens is 452 g/mol. The van der Waals surface area contributed by atoms with Crippen LogP contribution in [0, 0.1) is 0 Å². The number of rotatable bonds is 5. The number of nitrogens with one attached hydrogen (secondary N) is 1. The highest BCUT2D eigenvalue weighted by Crippen LogP contribution is 2.34. The van der Waals surface area contributed by atoms with Crippen LogP contribution >= 0.6 is 24.0 Å². The number of likely N-dealkylation sites (tertiary alicyclic amines) is 1. The first-order valence-electron chi connectivity index (χ1n) is 7.78. The zero-order valence-electron chi connectivity index (χ0n) is 13.8. The number of aromatic nitrogens is 1. The number of β-amino-alcohol motifs (C(OH)–C–C–N with tert-alkyl or cyclic N) is 1. The monoisotopic (exact) mass is 474 g/mol. The van der Waals surface area contributed by atoms with Crippen LogP contribution < -0.4 is 10.1 Å². The molecule has 1 atom stereocenters. The smallest absolute Gasteiger partial charge is 0.421 e. The average Bonchev–Trinajstić information content (AvgIpc) is 2.96. The van der Waals surface area contributed by atoms with E-state index in [0.29, 0.717) is 32.0 Å². The van der Waals surface area contributed by atoms with E-state index in [9.17, 15) is 18.3 Å². The molecule has 10 heteroatoms. The number of aliphatic imine (C=N–C) groups is 1. The number of guanidine groups is 1. The maximum atomic E-state index is 12.8. The van der Waals surface area contributed by atoms with Crippen LogP contribution in [0.3, 0.4) is 0 Å². The number of pyridine rings is 1. The van der Waals surface area contributed by atoms with Gasteiger partial charge >= 0.3 is 6.18 Å². The molecule has 1 saturated heterocycles. The first-order chi connectivity index (χ1) is 11.4. The van der Waals surface area contributed by atoms with Crippen molar-refractivity contribution in [2.24, 2.45) is 4.99 Å². The molecule has 1 aliphatic rings. The topological polar surface area (TPSA) is 70.0 Å². The fourth-order valence-corrected chi connectivity index (χ4v) is 2.38. The predicted molar refractivity (Wildman–Crippen MR) is 98.3 cm³/mol. The lowest BCUT2D eigenvalue weighted by Gasteiger charge is -2.21. The predicted octanol–water partition coefficient (Wildman–Crippen LogP) is 2.13. The Bertz CT molecular complexity index is 572. The number of halogens is 4. The van der Waals surface area contributed by atoms with Crippen LogP contribution in [0.15, 0.2) is 23.3 Å².